The summed E-state index contributed by atoms with van der Waals surface area (Å²) in [7, 11) is 0. The first-order chi connectivity index (χ1) is 10.0. The molecule has 21 heavy (non-hydrogen) atoms. The minimum absolute atomic E-state index is 0.290. The first-order valence-corrected chi connectivity index (χ1v) is 7.09. The van der Waals surface area contributed by atoms with Crippen molar-refractivity contribution in [3.8, 4) is 0 Å². The van der Waals surface area contributed by atoms with Gasteiger partial charge in [-0.05, 0) is 31.5 Å². The second kappa shape index (κ2) is 6.58. The molecule has 6 heteroatoms. The Kier molecular flexibility index (Phi) is 4.80. The van der Waals surface area contributed by atoms with Crippen molar-refractivity contribution in [2.45, 2.75) is 19.9 Å². The summed E-state index contributed by atoms with van der Waals surface area (Å²) in [5, 5.41) is 3.18. The van der Waals surface area contributed by atoms with Crippen molar-refractivity contribution in [2.75, 3.05) is 31.1 Å². The number of anilines is 1. The molecule has 1 heterocycles. The molecule has 1 aromatic carbocycles. The van der Waals surface area contributed by atoms with Gasteiger partial charge in [0.2, 0.25) is 0 Å². The van der Waals surface area contributed by atoms with Gasteiger partial charge < -0.3 is 20.7 Å². The van der Waals surface area contributed by atoms with Crippen LogP contribution in [0.2, 0.25) is 0 Å². The minimum Gasteiger partial charge on any atom is -0.464 e. The Labute approximate surface area is 124 Å². The molecule has 3 N–H and O–H groups in total. The van der Waals surface area contributed by atoms with Gasteiger partial charge in [-0.3, -0.25) is 4.79 Å². The quantitative estimate of drug-likeness (QED) is 0.786. The van der Waals surface area contributed by atoms with Gasteiger partial charge in [0, 0.05) is 19.6 Å². The fraction of sp³-hybridized carbons (Fsp3) is 0.467. The highest BCUT2D eigenvalue weighted by Gasteiger charge is 2.31. The first kappa shape index (κ1) is 15.3. The number of hydrogen-bond donors (Lipinski definition) is 2. The molecular weight excluding hydrogens is 270 g/mol. The summed E-state index contributed by atoms with van der Waals surface area (Å²) in [4.78, 5) is 25.7. The minimum atomic E-state index is -0.494. The van der Waals surface area contributed by atoms with E-state index in [4.69, 9.17) is 10.5 Å². The van der Waals surface area contributed by atoms with Crippen LogP contribution in [0.5, 0.6) is 0 Å². The lowest BCUT2D eigenvalue weighted by atomic mass is 10.0. The Hall–Kier alpha value is -2.08. The smallest absolute Gasteiger partial charge is 0.330 e. The summed E-state index contributed by atoms with van der Waals surface area (Å²) in [6.45, 7) is 5.90. The van der Waals surface area contributed by atoms with E-state index in [-0.39, 0.29) is 5.97 Å². The van der Waals surface area contributed by atoms with Crippen molar-refractivity contribution in [2.24, 2.45) is 5.73 Å². The largest absolute Gasteiger partial charge is 0.464 e. The van der Waals surface area contributed by atoms with E-state index in [1.54, 1.807) is 13.0 Å². The highest BCUT2D eigenvalue weighted by molar-refractivity contribution is 5.99. The Morgan fingerprint density at radius 1 is 1.48 bits per heavy atom. The van der Waals surface area contributed by atoms with Crippen LogP contribution in [0.3, 0.4) is 0 Å². The third kappa shape index (κ3) is 3.33. The summed E-state index contributed by atoms with van der Waals surface area (Å²) < 4.78 is 5.13. The zero-order valence-electron chi connectivity index (χ0n) is 12.4. The number of benzene rings is 1. The van der Waals surface area contributed by atoms with Gasteiger partial charge in [-0.2, -0.15) is 0 Å². The average molecular weight is 291 g/mol. The average Bonchev–Trinajstić information content (AvgIpc) is 2.47. The number of rotatable bonds is 4. The third-order valence-corrected chi connectivity index (χ3v) is 3.53. The molecule has 114 valence electrons. The van der Waals surface area contributed by atoms with E-state index in [9.17, 15) is 9.59 Å². The standard InChI is InChI=1S/C15H21N3O3/c1-3-21-15(20)13-9-17-6-7-18(13)12-8-10(2)4-5-11(12)14(16)19/h4-5,8,13,17H,3,6-7,9H2,1-2H3,(H2,16,19). The fourth-order valence-corrected chi connectivity index (χ4v) is 2.53. The van der Waals surface area contributed by atoms with Crippen molar-refractivity contribution in [3.05, 3.63) is 29.3 Å². The van der Waals surface area contributed by atoms with Crippen LogP contribution in [0.15, 0.2) is 18.2 Å². The normalized spacial score (nSPS) is 18.4. The summed E-state index contributed by atoms with van der Waals surface area (Å²) in [6, 6.07) is 4.98. The second-order valence-electron chi connectivity index (χ2n) is 5.05. The van der Waals surface area contributed by atoms with Crippen LogP contribution in [0, 0.1) is 6.92 Å². The molecule has 0 aromatic heterocycles. The number of nitrogens with zero attached hydrogens (tertiary/aromatic N) is 1. The number of esters is 1. The Bertz CT molecular complexity index is 545. The van der Waals surface area contributed by atoms with Gasteiger partial charge in [0.05, 0.1) is 17.9 Å². The van der Waals surface area contributed by atoms with E-state index in [1.807, 2.05) is 24.0 Å². The molecule has 1 unspecified atom stereocenters. The topological polar surface area (TPSA) is 84.7 Å². The van der Waals surface area contributed by atoms with Crippen molar-refractivity contribution in [3.63, 3.8) is 0 Å². The molecule has 1 aliphatic heterocycles. The molecule has 0 saturated carbocycles. The van der Waals surface area contributed by atoms with Crippen molar-refractivity contribution in [1.82, 2.24) is 5.32 Å². The molecule has 6 nitrogen and oxygen atoms in total. The van der Waals surface area contributed by atoms with Crippen LogP contribution in [-0.2, 0) is 9.53 Å². The maximum absolute atomic E-state index is 12.1. The molecule has 1 atom stereocenters. The first-order valence-electron chi connectivity index (χ1n) is 7.09. The molecule has 1 aromatic rings. The maximum Gasteiger partial charge on any atom is 0.330 e. The monoisotopic (exact) mass is 291 g/mol. The summed E-state index contributed by atoms with van der Waals surface area (Å²) in [6.07, 6.45) is 0. The number of amides is 1. The number of hydrogen-bond acceptors (Lipinski definition) is 5. The van der Waals surface area contributed by atoms with Crippen LogP contribution in [0.1, 0.15) is 22.8 Å². The van der Waals surface area contributed by atoms with E-state index in [0.29, 0.717) is 30.9 Å². The van der Waals surface area contributed by atoms with Gasteiger partial charge in [-0.1, -0.05) is 6.07 Å². The predicted molar refractivity (Wildman–Crippen MR) is 80.3 cm³/mol. The SMILES string of the molecule is CCOC(=O)C1CNCCN1c1cc(C)ccc1C(N)=O. The lowest BCUT2D eigenvalue weighted by Crippen LogP contribution is -2.56. The van der Waals surface area contributed by atoms with Crippen molar-refractivity contribution >= 4 is 17.6 Å². The van der Waals surface area contributed by atoms with E-state index in [0.717, 1.165) is 12.1 Å². The zero-order chi connectivity index (χ0) is 15.4. The van der Waals surface area contributed by atoms with Crippen LogP contribution in [0.4, 0.5) is 5.69 Å². The van der Waals surface area contributed by atoms with Gasteiger partial charge >= 0.3 is 5.97 Å². The Morgan fingerprint density at radius 3 is 2.90 bits per heavy atom. The predicted octanol–water partition coefficient (Wildman–Crippen LogP) is 0.435. The van der Waals surface area contributed by atoms with Gasteiger partial charge in [0.25, 0.3) is 5.91 Å². The molecule has 1 saturated heterocycles. The number of nitrogens with one attached hydrogen (secondary N) is 1. The van der Waals surface area contributed by atoms with Crippen LogP contribution >= 0.6 is 0 Å². The van der Waals surface area contributed by atoms with E-state index < -0.39 is 11.9 Å². The Balaban J connectivity index is 2.39. The number of piperazine rings is 1. The highest BCUT2D eigenvalue weighted by Crippen LogP contribution is 2.25. The van der Waals surface area contributed by atoms with Gasteiger partial charge in [0.1, 0.15) is 6.04 Å². The molecule has 1 fully saturated rings. The summed E-state index contributed by atoms with van der Waals surface area (Å²) >= 11 is 0. The molecular formula is C15H21N3O3. The molecule has 1 amide bonds. The van der Waals surface area contributed by atoms with Crippen molar-refractivity contribution in [1.29, 1.82) is 0 Å². The molecule has 0 spiro atoms. The lowest BCUT2D eigenvalue weighted by molar-refractivity contribution is -0.144. The maximum atomic E-state index is 12.1. The van der Waals surface area contributed by atoms with Gasteiger partial charge in [-0.15, -0.1) is 0 Å². The van der Waals surface area contributed by atoms with E-state index >= 15 is 0 Å². The number of carbonyl (C=O) groups excluding carboxylic acids is 2. The number of ether oxygens (including phenoxy) is 1. The zero-order valence-corrected chi connectivity index (χ0v) is 12.4. The highest BCUT2D eigenvalue weighted by atomic mass is 16.5. The lowest BCUT2D eigenvalue weighted by Gasteiger charge is -2.37. The van der Waals surface area contributed by atoms with Gasteiger partial charge in [0.15, 0.2) is 0 Å². The summed E-state index contributed by atoms with van der Waals surface area (Å²) in [5.74, 6) is -0.784. The number of nitrogens with two attached hydrogens (primary N) is 1. The van der Waals surface area contributed by atoms with E-state index in [2.05, 4.69) is 5.32 Å². The van der Waals surface area contributed by atoms with Crippen LogP contribution < -0.4 is 16.0 Å². The van der Waals surface area contributed by atoms with Crippen LogP contribution in [-0.4, -0.2) is 44.2 Å². The molecule has 1 aliphatic rings. The molecule has 2 rings (SSSR count). The van der Waals surface area contributed by atoms with Gasteiger partial charge in [-0.25, -0.2) is 4.79 Å². The molecule has 0 aliphatic carbocycles. The fourth-order valence-electron chi connectivity index (χ4n) is 2.53. The summed E-state index contributed by atoms with van der Waals surface area (Å²) in [5.41, 5.74) is 7.59. The molecule has 0 bridgehead atoms. The molecule has 0 radical (unpaired) electrons. The van der Waals surface area contributed by atoms with Crippen LogP contribution in [0.25, 0.3) is 0 Å². The third-order valence-electron chi connectivity index (χ3n) is 3.53. The number of aryl methyl sites for hydroxylation is 1. The number of primary amides is 1. The Morgan fingerprint density at radius 2 is 2.24 bits per heavy atom. The van der Waals surface area contributed by atoms with E-state index in [1.165, 1.54) is 0 Å². The van der Waals surface area contributed by atoms with Crippen molar-refractivity contribution < 1.29 is 14.3 Å². The second-order valence-corrected chi connectivity index (χ2v) is 5.05. The number of carbonyl (C=O) groups is 2.